The molecule has 5 heterocycles. The van der Waals surface area contributed by atoms with Gasteiger partial charge in [0.1, 0.15) is 23.9 Å². The number of cyclic esters (lactones) is 1. The van der Waals surface area contributed by atoms with E-state index in [4.69, 9.17) is 34.3 Å². The summed E-state index contributed by atoms with van der Waals surface area (Å²) < 4.78 is 47.4. The Morgan fingerprint density at radius 2 is 1.75 bits per heavy atom. The zero-order chi connectivity index (χ0) is 45.4. The number of nitrogens with two attached hydrogens (primary N) is 1. The van der Waals surface area contributed by atoms with E-state index in [9.17, 15) is 24.3 Å². The highest BCUT2D eigenvalue weighted by Crippen LogP contribution is 2.48. The van der Waals surface area contributed by atoms with Crippen molar-refractivity contribution < 1.29 is 57.2 Å². The van der Waals surface area contributed by atoms with Crippen LogP contribution in [0.15, 0.2) is 23.6 Å². The number of amidine groups is 1. The van der Waals surface area contributed by atoms with Gasteiger partial charge in [0.15, 0.2) is 45.5 Å². The van der Waals surface area contributed by atoms with E-state index >= 15 is 4.39 Å². The zero-order valence-corrected chi connectivity index (χ0v) is 37.7. The lowest BCUT2D eigenvalue weighted by atomic mass is 9.67. The lowest BCUT2D eigenvalue weighted by Gasteiger charge is -2.47. The number of ether oxygens (including phenoxy) is 5. The van der Waals surface area contributed by atoms with E-state index in [0.717, 1.165) is 6.92 Å². The Balaban J connectivity index is 1.53. The van der Waals surface area contributed by atoms with Crippen molar-refractivity contribution in [3.63, 3.8) is 0 Å². The minimum atomic E-state index is -3.25. The average Bonchev–Trinajstić information content (AvgIpc) is 3.83. The van der Waals surface area contributed by atoms with Gasteiger partial charge in [0, 0.05) is 49.2 Å². The second kappa shape index (κ2) is 18.7. The maximum atomic E-state index is 16.9. The standard InChI is InChI=1S/C41H60FN7O11S/c1-13-25-41(9)27(26(36(53)59-41)32(43)48-60-23(6)34-46-47-35(61-34)33-44-15-14-16-45-33)21(4)28(50)19(2)18-39(7,55-12)31(22(5)30(52)40(8,42)38(54)57-25)58-37-29(51)24(49(10)11)17-20(3)56-37/h14-16,19-27,29,31,37,51H,13,17-18H2,1-12H3,(H2,43,48)/t19-,20-,21-,22+,23+,24+,25+,26-,27+,29-,31-,37?,39-,40+,41-/m1/s1. The monoisotopic (exact) mass is 877 g/mol. The van der Waals surface area contributed by atoms with Gasteiger partial charge in [-0.15, -0.1) is 10.2 Å². The van der Waals surface area contributed by atoms with Gasteiger partial charge in [-0.3, -0.25) is 14.4 Å². The van der Waals surface area contributed by atoms with E-state index in [1.807, 2.05) is 11.8 Å². The number of aromatic nitrogens is 4. The van der Waals surface area contributed by atoms with Crippen LogP contribution in [0.4, 0.5) is 4.39 Å². The Bertz CT molecular complexity index is 1940. The van der Waals surface area contributed by atoms with Gasteiger partial charge in [-0.25, -0.2) is 19.2 Å². The maximum absolute atomic E-state index is 16.9. The van der Waals surface area contributed by atoms with Gasteiger partial charge >= 0.3 is 11.9 Å². The summed E-state index contributed by atoms with van der Waals surface area (Å²) in [4.78, 5) is 72.9. The SMILES string of the molecule is CC[C@@H]1OC(=O)[C@@](C)(F)C(=O)[C@H](C)[C@@H](OC2O[C@H](C)C[C@H](N(C)C)[C@H]2O)[C@](C)(OC)C[C@@H](C)C(=O)[C@H](C)[C@H]2[C@H](/C(N)=N/O[C@@H](C)c3nnc(-c4ncccn4)s3)C(=O)O[C@@]21C. The molecule has 15 atom stereocenters. The van der Waals surface area contributed by atoms with Crippen LogP contribution in [0.25, 0.3) is 10.8 Å². The van der Waals surface area contributed by atoms with E-state index in [1.54, 1.807) is 67.2 Å². The van der Waals surface area contributed by atoms with Crippen molar-refractivity contribution in [2.45, 2.75) is 141 Å². The highest BCUT2D eigenvalue weighted by Gasteiger charge is 2.63. The molecule has 0 spiro atoms. The maximum Gasteiger partial charge on any atom is 0.351 e. The molecule has 2 aromatic heterocycles. The fourth-order valence-electron chi connectivity index (χ4n) is 9.09. The van der Waals surface area contributed by atoms with Crippen LogP contribution < -0.4 is 5.73 Å². The highest BCUT2D eigenvalue weighted by atomic mass is 32.1. The Morgan fingerprint density at radius 1 is 1.10 bits per heavy atom. The molecule has 3 saturated heterocycles. The number of halogens is 1. The van der Waals surface area contributed by atoms with Gasteiger partial charge in [0.2, 0.25) is 0 Å². The Kier molecular flexibility index (Phi) is 14.7. The molecule has 61 heavy (non-hydrogen) atoms. The molecular formula is C41H60FN7O11S. The normalized spacial score (nSPS) is 38.7. The minimum Gasteiger partial charge on any atom is -0.455 e. The molecule has 338 valence electrons. The zero-order valence-electron chi connectivity index (χ0n) is 36.9. The molecule has 2 aromatic rings. The molecule has 18 nitrogen and oxygen atoms in total. The number of alkyl halides is 1. The fourth-order valence-corrected chi connectivity index (χ4v) is 9.85. The van der Waals surface area contributed by atoms with Crippen LogP contribution in [0.3, 0.4) is 0 Å². The number of fused-ring (bicyclic) bond motifs is 1. The summed E-state index contributed by atoms with van der Waals surface area (Å²) in [7, 11) is 4.97. The molecule has 3 fully saturated rings. The number of oxime groups is 1. The van der Waals surface area contributed by atoms with Crippen molar-refractivity contribution in [3.8, 4) is 10.8 Å². The van der Waals surface area contributed by atoms with E-state index in [0.29, 0.717) is 22.3 Å². The molecule has 0 aliphatic carbocycles. The van der Waals surface area contributed by atoms with Gasteiger partial charge in [0.25, 0.3) is 5.67 Å². The third kappa shape index (κ3) is 9.49. The number of nitrogens with zero attached hydrogens (tertiary/aromatic N) is 6. The average molecular weight is 878 g/mol. The largest absolute Gasteiger partial charge is 0.455 e. The summed E-state index contributed by atoms with van der Waals surface area (Å²) in [6.07, 6.45) is -2.85. The first-order chi connectivity index (χ1) is 28.5. The number of Topliss-reactive ketones (excluding diaryl/α,β-unsaturated/α-hetero) is 2. The quantitative estimate of drug-likeness (QED) is 0.114. The number of rotatable bonds is 10. The summed E-state index contributed by atoms with van der Waals surface area (Å²) in [5.74, 6) is -9.75. The van der Waals surface area contributed by atoms with Crippen molar-refractivity contribution >= 4 is 40.7 Å². The number of ketones is 2. The number of carbonyl (C=O) groups excluding carboxylic acids is 4. The molecule has 3 aliphatic heterocycles. The van der Waals surface area contributed by atoms with Gasteiger partial charge in [-0.05, 0) is 74.0 Å². The second-order valence-electron chi connectivity index (χ2n) is 17.3. The number of hydrogen-bond acceptors (Lipinski definition) is 18. The number of esters is 2. The lowest BCUT2D eigenvalue weighted by molar-refractivity contribution is -0.295. The summed E-state index contributed by atoms with van der Waals surface area (Å²) in [6.45, 7) is 13.7. The fraction of sp³-hybridized carbons (Fsp3) is 0.732. The van der Waals surface area contributed by atoms with Gasteiger partial charge in [0.05, 0.1) is 17.8 Å². The van der Waals surface area contributed by atoms with Crippen LogP contribution in [0.1, 0.15) is 92.7 Å². The molecule has 5 rings (SSSR count). The number of hydrogen-bond donors (Lipinski definition) is 2. The van der Waals surface area contributed by atoms with Crippen molar-refractivity contribution in [1.29, 1.82) is 0 Å². The van der Waals surface area contributed by atoms with Crippen molar-refractivity contribution in [1.82, 2.24) is 25.1 Å². The molecule has 3 N–H and O–H groups in total. The summed E-state index contributed by atoms with van der Waals surface area (Å²) in [5, 5.41) is 24.7. The number of likely N-dealkylation sites (N-methyl/N-ethyl adjacent to an activating group) is 1. The summed E-state index contributed by atoms with van der Waals surface area (Å²) in [5.41, 5.74) is 0.00854. The van der Waals surface area contributed by atoms with E-state index in [2.05, 4.69) is 25.3 Å². The van der Waals surface area contributed by atoms with Crippen molar-refractivity contribution in [2.75, 3.05) is 21.2 Å². The van der Waals surface area contributed by atoms with Gasteiger partial charge < -0.3 is 44.3 Å². The van der Waals surface area contributed by atoms with E-state index in [1.165, 1.54) is 32.3 Å². The second-order valence-corrected chi connectivity index (χ2v) is 18.3. The van der Waals surface area contributed by atoms with Crippen LogP contribution >= 0.6 is 11.3 Å². The lowest BCUT2D eigenvalue weighted by Crippen LogP contribution is -2.61. The molecule has 0 bridgehead atoms. The van der Waals surface area contributed by atoms with Crippen molar-refractivity contribution in [2.24, 2.45) is 40.5 Å². The van der Waals surface area contributed by atoms with Gasteiger partial charge in [-0.1, -0.05) is 44.2 Å². The molecule has 0 radical (unpaired) electrons. The van der Waals surface area contributed by atoms with Crippen LogP contribution in [-0.2, 0) is 47.7 Å². The molecule has 3 aliphatic rings. The predicted molar refractivity (Wildman–Crippen MR) is 218 cm³/mol. The highest BCUT2D eigenvalue weighted by molar-refractivity contribution is 7.14. The molecule has 1 unspecified atom stereocenters. The van der Waals surface area contributed by atoms with Crippen LogP contribution in [0.2, 0.25) is 0 Å². The smallest absolute Gasteiger partial charge is 0.351 e. The summed E-state index contributed by atoms with van der Waals surface area (Å²) >= 11 is 1.17. The first-order valence-corrected chi connectivity index (χ1v) is 21.3. The van der Waals surface area contributed by atoms with Crippen molar-refractivity contribution in [3.05, 3.63) is 23.5 Å². The van der Waals surface area contributed by atoms with Gasteiger partial charge in [-0.2, -0.15) is 0 Å². The Hall–Kier alpha value is -4.08. The number of carbonyl (C=O) groups is 4. The topological polar surface area (TPSA) is 237 Å². The third-order valence-electron chi connectivity index (χ3n) is 12.6. The first-order valence-electron chi connectivity index (χ1n) is 20.5. The molecule has 0 amide bonds. The minimum absolute atomic E-state index is 0.0142. The van der Waals surface area contributed by atoms with Crippen LogP contribution in [0.5, 0.6) is 0 Å². The van der Waals surface area contributed by atoms with E-state index in [-0.39, 0.29) is 30.6 Å². The van der Waals surface area contributed by atoms with E-state index < -0.39 is 101 Å². The number of methoxy groups -OCH3 is 1. The number of aliphatic hydroxyl groups is 1. The number of aliphatic hydroxyl groups excluding tert-OH is 1. The molecule has 0 aromatic carbocycles. The third-order valence-corrected chi connectivity index (χ3v) is 13.6. The van der Waals surface area contributed by atoms with Crippen LogP contribution in [0, 0.1) is 29.6 Å². The Labute approximate surface area is 359 Å². The predicted octanol–water partition coefficient (Wildman–Crippen LogP) is 3.61. The molecule has 0 saturated carbocycles. The Morgan fingerprint density at radius 3 is 2.36 bits per heavy atom. The molecular weight excluding hydrogens is 818 g/mol. The first kappa shape index (κ1) is 48.0. The summed E-state index contributed by atoms with van der Waals surface area (Å²) in [6, 6.07) is 1.28. The molecule has 20 heteroatoms. The van der Waals surface area contributed by atoms with Crippen LogP contribution in [-0.4, -0.2) is 134 Å².